The summed E-state index contributed by atoms with van der Waals surface area (Å²) >= 11 is 0. The molecule has 0 unspecified atom stereocenters. The lowest BCUT2D eigenvalue weighted by Gasteiger charge is -2.25. The normalized spacial score (nSPS) is 16.0. The fraction of sp³-hybridized carbons (Fsp3) is 0.600. The molecular weight excluding hydrogens is 222 g/mol. The molecule has 0 amide bonds. The molecule has 0 radical (unpaired) electrons. The van der Waals surface area contributed by atoms with Gasteiger partial charge in [0, 0.05) is 17.2 Å². The van der Waals surface area contributed by atoms with Crippen molar-refractivity contribution < 1.29 is 0 Å². The largest absolute Gasteiger partial charge is 0.243 e. The fourth-order valence-electron chi connectivity index (χ4n) is 2.30. The summed E-state index contributed by atoms with van der Waals surface area (Å²) in [5.41, 5.74) is 3.50. The zero-order chi connectivity index (χ0) is 13.7. The van der Waals surface area contributed by atoms with Crippen LogP contribution in [0.1, 0.15) is 52.8 Å². The van der Waals surface area contributed by atoms with Crippen molar-refractivity contribution in [3.63, 3.8) is 0 Å². The second kappa shape index (κ2) is 3.81. The average Bonchev–Trinajstić information content (AvgIpc) is 2.54. The van der Waals surface area contributed by atoms with E-state index in [4.69, 9.17) is 5.10 Å². The number of fused-ring (bicyclic) bond motifs is 1. The first kappa shape index (κ1) is 13.1. The summed E-state index contributed by atoms with van der Waals surface area (Å²) < 4.78 is 1.99. The zero-order valence-corrected chi connectivity index (χ0v) is 12.3. The third kappa shape index (κ3) is 2.14. The third-order valence-corrected chi connectivity index (χ3v) is 3.11. The summed E-state index contributed by atoms with van der Waals surface area (Å²) in [4.78, 5) is 4.55. The van der Waals surface area contributed by atoms with E-state index in [0.29, 0.717) is 0 Å². The molecule has 0 saturated carbocycles. The van der Waals surface area contributed by atoms with Crippen LogP contribution >= 0.6 is 0 Å². The van der Waals surface area contributed by atoms with E-state index in [1.165, 1.54) is 5.56 Å². The van der Waals surface area contributed by atoms with Crippen molar-refractivity contribution in [3.05, 3.63) is 23.4 Å². The Balaban J connectivity index is 2.71. The molecule has 0 fully saturated rings. The van der Waals surface area contributed by atoms with E-state index in [1.807, 2.05) is 10.9 Å². The van der Waals surface area contributed by atoms with Crippen molar-refractivity contribution in [2.45, 2.75) is 58.9 Å². The predicted molar refractivity (Wildman–Crippen MR) is 76.9 cm³/mol. The van der Waals surface area contributed by atoms with Crippen molar-refractivity contribution in [2.24, 2.45) is 4.99 Å². The van der Waals surface area contributed by atoms with Crippen LogP contribution in [0.3, 0.4) is 0 Å². The summed E-state index contributed by atoms with van der Waals surface area (Å²) in [5, 5.41) is 4.78. The minimum Gasteiger partial charge on any atom is -0.243 e. The first-order valence-electron chi connectivity index (χ1n) is 6.44. The molecule has 18 heavy (non-hydrogen) atoms. The van der Waals surface area contributed by atoms with Gasteiger partial charge in [0.15, 0.2) is 5.82 Å². The molecule has 3 heteroatoms. The van der Waals surface area contributed by atoms with Gasteiger partial charge >= 0.3 is 0 Å². The standard InChI is InChI=1S/C15H23N3/c1-10-8-16-13-11(14(2,3)4)12(15(5,6)7)17-18(13)9-10/h8H,1,9H2,2-7H3. The Hall–Kier alpha value is -1.38. The van der Waals surface area contributed by atoms with Gasteiger partial charge < -0.3 is 0 Å². The molecule has 0 aliphatic carbocycles. The highest BCUT2D eigenvalue weighted by atomic mass is 15.3. The fourth-order valence-corrected chi connectivity index (χ4v) is 2.30. The summed E-state index contributed by atoms with van der Waals surface area (Å²) in [6.07, 6.45) is 1.86. The minimum atomic E-state index is 0.0316. The molecule has 3 nitrogen and oxygen atoms in total. The monoisotopic (exact) mass is 245 g/mol. The van der Waals surface area contributed by atoms with Gasteiger partial charge in [0.25, 0.3) is 0 Å². The molecule has 1 aliphatic heterocycles. The third-order valence-electron chi connectivity index (χ3n) is 3.11. The van der Waals surface area contributed by atoms with Crippen LogP contribution in [0.25, 0.3) is 0 Å². The molecule has 1 aliphatic rings. The van der Waals surface area contributed by atoms with E-state index in [-0.39, 0.29) is 10.8 Å². The Bertz CT molecular complexity index is 519. The molecular formula is C15H23N3. The predicted octanol–water partition coefficient (Wildman–Crippen LogP) is 3.75. The Kier molecular flexibility index (Phi) is 2.76. The number of nitrogens with zero attached hydrogens (tertiary/aromatic N) is 3. The van der Waals surface area contributed by atoms with Gasteiger partial charge in [-0.25, -0.2) is 9.67 Å². The lowest BCUT2D eigenvalue weighted by molar-refractivity contribution is 0.515. The molecule has 1 aromatic heterocycles. The summed E-state index contributed by atoms with van der Waals surface area (Å²) in [6, 6.07) is 0. The van der Waals surface area contributed by atoms with Crippen molar-refractivity contribution in [1.82, 2.24) is 9.78 Å². The van der Waals surface area contributed by atoms with E-state index in [0.717, 1.165) is 23.6 Å². The maximum absolute atomic E-state index is 4.78. The summed E-state index contributed by atoms with van der Waals surface area (Å²) in [7, 11) is 0. The van der Waals surface area contributed by atoms with Gasteiger partial charge in [-0.3, -0.25) is 0 Å². The lowest BCUT2D eigenvalue weighted by atomic mass is 9.79. The number of rotatable bonds is 0. The van der Waals surface area contributed by atoms with Crippen LogP contribution < -0.4 is 0 Å². The average molecular weight is 245 g/mol. The quantitative estimate of drug-likeness (QED) is 0.684. The second-order valence-corrected chi connectivity index (χ2v) is 7.12. The highest BCUT2D eigenvalue weighted by molar-refractivity contribution is 5.82. The number of aliphatic imine (C=N–C) groups is 1. The van der Waals surface area contributed by atoms with Gasteiger partial charge in [0.05, 0.1) is 12.2 Å². The van der Waals surface area contributed by atoms with Gasteiger partial charge in [0.2, 0.25) is 0 Å². The van der Waals surface area contributed by atoms with Crippen molar-refractivity contribution in [3.8, 4) is 0 Å². The molecule has 0 aromatic carbocycles. The minimum absolute atomic E-state index is 0.0316. The van der Waals surface area contributed by atoms with Crippen LogP contribution in [0, 0.1) is 0 Å². The van der Waals surface area contributed by atoms with Gasteiger partial charge in [-0.05, 0) is 11.0 Å². The van der Waals surface area contributed by atoms with Crippen LogP contribution in [0.2, 0.25) is 0 Å². The second-order valence-electron chi connectivity index (χ2n) is 7.12. The Morgan fingerprint density at radius 2 is 1.72 bits per heavy atom. The molecule has 1 aromatic rings. The van der Waals surface area contributed by atoms with Gasteiger partial charge in [0.1, 0.15) is 0 Å². The number of hydrogen-bond donors (Lipinski definition) is 0. The molecule has 98 valence electrons. The molecule has 0 bridgehead atoms. The molecule has 2 rings (SSSR count). The topological polar surface area (TPSA) is 30.2 Å². The van der Waals surface area contributed by atoms with E-state index in [9.17, 15) is 0 Å². The molecule has 0 atom stereocenters. The molecule has 2 heterocycles. The highest BCUT2D eigenvalue weighted by Crippen LogP contribution is 2.40. The van der Waals surface area contributed by atoms with E-state index >= 15 is 0 Å². The number of aromatic nitrogens is 2. The molecule has 0 N–H and O–H groups in total. The highest BCUT2D eigenvalue weighted by Gasteiger charge is 2.33. The van der Waals surface area contributed by atoms with Crippen LogP contribution in [0.4, 0.5) is 5.82 Å². The van der Waals surface area contributed by atoms with E-state index < -0.39 is 0 Å². The van der Waals surface area contributed by atoms with Crippen LogP contribution in [-0.2, 0) is 17.4 Å². The van der Waals surface area contributed by atoms with E-state index in [1.54, 1.807) is 0 Å². The first-order chi connectivity index (χ1) is 8.10. The zero-order valence-electron chi connectivity index (χ0n) is 12.3. The number of allylic oxidation sites excluding steroid dienone is 1. The van der Waals surface area contributed by atoms with Crippen molar-refractivity contribution >= 4 is 12.0 Å². The van der Waals surface area contributed by atoms with Gasteiger partial charge in [-0.15, -0.1) is 0 Å². The molecule has 0 spiro atoms. The number of hydrogen-bond acceptors (Lipinski definition) is 2. The van der Waals surface area contributed by atoms with Crippen molar-refractivity contribution in [2.75, 3.05) is 0 Å². The van der Waals surface area contributed by atoms with Crippen LogP contribution in [0.15, 0.2) is 17.1 Å². The Labute approximate surface area is 110 Å². The van der Waals surface area contributed by atoms with Crippen molar-refractivity contribution in [1.29, 1.82) is 0 Å². The smallest absolute Gasteiger partial charge is 0.154 e. The summed E-state index contributed by atoms with van der Waals surface area (Å²) in [6.45, 7) is 18.0. The Morgan fingerprint density at radius 3 is 2.22 bits per heavy atom. The SMILES string of the molecule is C=C1C=Nc2c(C(C)(C)C)c(C(C)(C)C)nn2C1. The maximum atomic E-state index is 4.78. The van der Waals surface area contributed by atoms with Gasteiger partial charge in [-0.1, -0.05) is 48.1 Å². The van der Waals surface area contributed by atoms with Crippen LogP contribution in [-0.4, -0.2) is 16.0 Å². The van der Waals surface area contributed by atoms with E-state index in [2.05, 4.69) is 53.1 Å². The summed E-state index contributed by atoms with van der Waals surface area (Å²) in [5.74, 6) is 1.000. The maximum Gasteiger partial charge on any atom is 0.154 e. The van der Waals surface area contributed by atoms with Crippen LogP contribution in [0.5, 0.6) is 0 Å². The molecule has 0 saturated heterocycles. The van der Waals surface area contributed by atoms with Gasteiger partial charge in [-0.2, -0.15) is 5.10 Å². The first-order valence-corrected chi connectivity index (χ1v) is 6.44. The Morgan fingerprint density at radius 1 is 1.11 bits per heavy atom. The lowest BCUT2D eigenvalue weighted by Crippen LogP contribution is -2.21.